The van der Waals surface area contributed by atoms with Gasteiger partial charge in [0.25, 0.3) is 0 Å². The number of para-hydroxylation sites is 1. The molecule has 0 amide bonds. The lowest BCUT2D eigenvalue weighted by Gasteiger charge is -2.24. The number of benzene rings is 2. The Morgan fingerprint density at radius 1 is 1.33 bits per heavy atom. The lowest BCUT2D eigenvalue weighted by atomic mass is 9.81. The third kappa shape index (κ3) is 3.47. The van der Waals surface area contributed by atoms with Crippen LogP contribution < -0.4 is 10.5 Å². The second kappa shape index (κ2) is 6.95. The van der Waals surface area contributed by atoms with E-state index in [9.17, 15) is 4.79 Å². The highest BCUT2D eigenvalue weighted by molar-refractivity contribution is 5.84. The maximum Gasteiger partial charge on any atom is 0.303 e. The fraction of sp³-hybridized carbons (Fsp3) is 0.333. The summed E-state index contributed by atoms with van der Waals surface area (Å²) in [5.74, 6) is 1.67. The van der Waals surface area contributed by atoms with E-state index in [2.05, 4.69) is 17.1 Å². The van der Waals surface area contributed by atoms with Crippen molar-refractivity contribution in [1.29, 1.82) is 0 Å². The van der Waals surface area contributed by atoms with Gasteiger partial charge < -0.3 is 20.1 Å². The number of rotatable bonds is 5. The Kier molecular flexibility index (Phi) is 4.48. The number of carbonyl (C=O) groups is 1. The van der Waals surface area contributed by atoms with Crippen molar-refractivity contribution in [3.8, 4) is 11.5 Å². The third-order valence-corrected chi connectivity index (χ3v) is 5.41. The minimum absolute atomic E-state index is 0.248. The van der Waals surface area contributed by atoms with Crippen LogP contribution in [0.25, 0.3) is 11.0 Å². The molecule has 3 N–H and O–H groups in total. The van der Waals surface area contributed by atoms with Crippen LogP contribution in [0.15, 0.2) is 36.4 Å². The highest BCUT2D eigenvalue weighted by Crippen LogP contribution is 2.34. The number of fused-ring (bicyclic) bond motifs is 2. The van der Waals surface area contributed by atoms with Crippen LogP contribution in [-0.4, -0.2) is 20.6 Å². The fourth-order valence-corrected chi connectivity index (χ4v) is 3.86. The van der Waals surface area contributed by atoms with Crippen LogP contribution in [0.4, 0.5) is 5.95 Å². The Bertz CT molecular complexity index is 1010. The first kappa shape index (κ1) is 17.4. The lowest BCUT2D eigenvalue weighted by molar-refractivity contribution is -0.137. The summed E-state index contributed by atoms with van der Waals surface area (Å²) < 4.78 is 7.96. The van der Waals surface area contributed by atoms with Crippen molar-refractivity contribution in [2.75, 3.05) is 5.73 Å². The predicted molar refractivity (Wildman–Crippen MR) is 104 cm³/mol. The molecule has 0 fully saturated rings. The van der Waals surface area contributed by atoms with Gasteiger partial charge in [0.2, 0.25) is 5.95 Å². The zero-order valence-electron chi connectivity index (χ0n) is 15.3. The van der Waals surface area contributed by atoms with Gasteiger partial charge in [-0.2, -0.15) is 0 Å². The summed E-state index contributed by atoms with van der Waals surface area (Å²) in [6.45, 7) is 0. The van der Waals surface area contributed by atoms with Gasteiger partial charge in [0, 0.05) is 13.5 Å². The number of carboxylic acid groups (broad SMARTS) is 1. The topological polar surface area (TPSA) is 90.4 Å². The third-order valence-electron chi connectivity index (χ3n) is 5.41. The number of aryl methyl sites for hydroxylation is 2. The second-order valence-corrected chi connectivity index (χ2v) is 7.23. The molecule has 1 atom stereocenters. The van der Waals surface area contributed by atoms with E-state index in [0.29, 0.717) is 17.6 Å². The van der Waals surface area contributed by atoms with Gasteiger partial charge >= 0.3 is 5.97 Å². The van der Waals surface area contributed by atoms with Gasteiger partial charge in [0.15, 0.2) is 5.75 Å². The van der Waals surface area contributed by atoms with E-state index in [1.54, 1.807) is 0 Å². The maximum absolute atomic E-state index is 10.8. The SMILES string of the molecule is Cn1c(N)nc2c(Oc3ccc4c(c3)CCC(CCC(=O)O)C4)cccc21. The molecule has 0 radical (unpaired) electrons. The minimum atomic E-state index is -0.714. The van der Waals surface area contributed by atoms with Crippen LogP contribution in [0.5, 0.6) is 11.5 Å². The second-order valence-electron chi connectivity index (χ2n) is 7.23. The molecule has 6 nitrogen and oxygen atoms in total. The molecule has 1 aromatic heterocycles. The normalized spacial score (nSPS) is 16.3. The lowest BCUT2D eigenvalue weighted by Crippen LogP contribution is -2.15. The number of aliphatic carboxylic acids is 1. The van der Waals surface area contributed by atoms with Gasteiger partial charge in [-0.3, -0.25) is 4.79 Å². The maximum atomic E-state index is 10.8. The highest BCUT2D eigenvalue weighted by Gasteiger charge is 2.20. The molecule has 1 unspecified atom stereocenters. The van der Waals surface area contributed by atoms with Crippen LogP contribution in [-0.2, 0) is 24.7 Å². The molecular weight excluding hydrogens is 342 g/mol. The molecule has 1 aliphatic rings. The number of nitrogens with two attached hydrogens (primary N) is 1. The van der Waals surface area contributed by atoms with Crippen molar-refractivity contribution in [2.45, 2.75) is 32.1 Å². The standard InChI is InChI=1S/C21H23N3O3/c1-24-17-3-2-4-18(20(17)23-21(24)22)27-16-9-8-14-11-13(6-10-19(25)26)5-7-15(14)12-16/h2-4,8-9,12-13H,5-7,10-11H2,1H3,(H2,22,23)(H,25,26). The largest absolute Gasteiger partial charge is 0.481 e. The van der Waals surface area contributed by atoms with Gasteiger partial charge in [-0.05, 0) is 67.0 Å². The van der Waals surface area contributed by atoms with Gasteiger partial charge in [0.1, 0.15) is 11.3 Å². The quantitative estimate of drug-likeness (QED) is 0.715. The molecule has 0 saturated carbocycles. The van der Waals surface area contributed by atoms with Crippen molar-refractivity contribution in [3.63, 3.8) is 0 Å². The molecule has 0 aliphatic heterocycles. The van der Waals surface area contributed by atoms with Crippen LogP contribution in [0.2, 0.25) is 0 Å². The van der Waals surface area contributed by atoms with E-state index in [1.165, 1.54) is 11.1 Å². The van der Waals surface area contributed by atoms with Crippen molar-refractivity contribution in [1.82, 2.24) is 9.55 Å². The Labute approximate surface area is 157 Å². The average Bonchev–Trinajstić information content (AvgIpc) is 2.95. The van der Waals surface area contributed by atoms with Gasteiger partial charge in [-0.15, -0.1) is 0 Å². The summed E-state index contributed by atoms with van der Waals surface area (Å²) in [5.41, 5.74) is 10.2. The van der Waals surface area contributed by atoms with E-state index < -0.39 is 5.97 Å². The van der Waals surface area contributed by atoms with Gasteiger partial charge in [0.05, 0.1) is 5.52 Å². The monoisotopic (exact) mass is 365 g/mol. The van der Waals surface area contributed by atoms with E-state index in [-0.39, 0.29) is 6.42 Å². The number of ether oxygens (including phenoxy) is 1. The summed E-state index contributed by atoms with van der Waals surface area (Å²) in [7, 11) is 1.88. The molecule has 140 valence electrons. The molecule has 27 heavy (non-hydrogen) atoms. The van der Waals surface area contributed by atoms with Crippen molar-refractivity contribution < 1.29 is 14.6 Å². The Morgan fingerprint density at radius 2 is 2.19 bits per heavy atom. The smallest absolute Gasteiger partial charge is 0.303 e. The fourth-order valence-electron chi connectivity index (χ4n) is 3.86. The number of nitrogen functional groups attached to an aromatic ring is 1. The van der Waals surface area contributed by atoms with Crippen molar-refractivity contribution in [2.24, 2.45) is 13.0 Å². The van der Waals surface area contributed by atoms with Crippen molar-refractivity contribution >= 4 is 23.0 Å². The molecular formula is C21H23N3O3. The number of hydrogen-bond acceptors (Lipinski definition) is 4. The van der Waals surface area contributed by atoms with E-state index in [1.807, 2.05) is 35.9 Å². The van der Waals surface area contributed by atoms with Crippen LogP contribution >= 0.6 is 0 Å². The molecule has 1 aliphatic carbocycles. The minimum Gasteiger partial charge on any atom is -0.481 e. The highest BCUT2D eigenvalue weighted by atomic mass is 16.5. The van der Waals surface area contributed by atoms with E-state index in [4.69, 9.17) is 15.6 Å². The first-order valence-corrected chi connectivity index (χ1v) is 9.23. The average molecular weight is 365 g/mol. The summed E-state index contributed by atoms with van der Waals surface area (Å²) in [6.07, 6.45) is 3.91. The number of imidazole rings is 1. The zero-order valence-corrected chi connectivity index (χ0v) is 15.3. The van der Waals surface area contributed by atoms with Gasteiger partial charge in [-0.1, -0.05) is 12.1 Å². The summed E-state index contributed by atoms with van der Waals surface area (Å²) in [4.78, 5) is 15.2. The molecule has 0 bridgehead atoms. The summed E-state index contributed by atoms with van der Waals surface area (Å²) in [5, 5.41) is 8.88. The Hall–Kier alpha value is -3.02. The molecule has 6 heteroatoms. The van der Waals surface area contributed by atoms with Crippen LogP contribution in [0.3, 0.4) is 0 Å². The molecule has 2 aromatic carbocycles. The predicted octanol–water partition coefficient (Wildman–Crippen LogP) is 3.92. The van der Waals surface area contributed by atoms with Crippen LogP contribution in [0, 0.1) is 5.92 Å². The number of nitrogens with zero attached hydrogens (tertiary/aromatic N) is 2. The number of aromatic nitrogens is 2. The van der Waals surface area contributed by atoms with E-state index in [0.717, 1.165) is 42.5 Å². The molecule has 1 heterocycles. The number of carboxylic acids is 1. The van der Waals surface area contributed by atoms with Crippen molar-refractivity contribution in [3.05, 3.63) is 47.5 Å². The summed E-state index contributed by atoms with van der Waals surface area (Å²) >= 11 is 0. The zero-order chi connectivity index (χ0) is 19.0. The van der Waals surface area contributed by atoms with Gasteiger partial charge in [-0.25, -0.2) is 4.98 Å². The summed E-state index contributed by atoms with van der Waals surface area (Å²) in [6, 6.07) is 12.0. The molecule has 0 saturated heterocycles. The number of anilines is 1. The number of hydrogen-bond donors (Lipinski definition) is 2. The molecule has 4 rings (SSSR count). The molecule has 3 aromatic rings. The first-order valence-electron chi connectivity index (χ1n) is 9.23. The van der Waals surface area contributed by atoms with E-state index >= 15 is 0 Å². The Balaban J connectivity index is 1.54. The molecule has 0 spiro atoms. The first-order chi connectivity index (χ1) is 13.0. The Morgan fingerprint density at radius 3 is 3.00 bits per heavy atom. The van der Waals surface area contributed by atoms with Crippen LogP contribution in [0.1, 0.15) is 30.4 Å².